The minimum absolute atomic E-state index is 0.0638. The van der Waals surface area contributed by atoms with Gasteiger partial charge in [-0.1, -0.05) is 30.3 Å². The van der Waals surface area contributed by atoms with Crippen LogP contribution >= 0.6 is 0 Å². The summed E-state index contributed by atoms with van der Waals surface area (Å²) in [6.45, 7) is 6.66. The van der Waals surface area contributed by atoms with Crippen LogP contribution in [0.2, 0.25) is 0 Å². The number of hydrogen-bond donors (Lipinski definition) is 2. The minimum Gasteiger partial charge on any atom is -0.444 e. The highest BCUT2D eigenvalue weighted by Gasteiger charge is 2.33. The van der Waals surface area contributed by atoms with E-state index in [-0.39, 0.29) is 23.5 Å². The number of alkyl carbamates (subject to hydrolysis) is 1. The molecule has 0 aliphatic carbocycles. The fourth-order valence-corrected chi connectivity index (χ4v) is 4.26. The number of carbonyl (C=O) groups excluding carboxylic acids is 2. The molecule has 4 aromatic rings. The third-order valence-electron chi connectivity index (χ3n) is 6.48. The van der Waals surface area contributed by atoms with Gasteiger partial charge in [0.1, 0.15) is 11.3 Å². The van der Waals surface area contributed by atoms with E-state index in [4.69, 9.17) is 4.74 Å². The highest BCUT2D eigenvalue weighted by Crippen LogP contribution is 2.35. The molecule has 14 heteroatoms. The van der Waals surface area contributed by atoms with Gasteiger partial charge in [0.05, 0.1) is 29.1 Å². The van der Waals surface area contributed by atoms with Crippen LogP contribution in [0.15, 0.2) is 73.2 Å². The number of pyridine rings is 1. The van der Waals surface area contributed by atoms with Crippen molar-refractivity contribution < 1.29 is 40.7 Å². The van der Waals surface area contributed by atoms with Gasteiger partial charge < -0.3 is 15.4 Å². The Morgan fingerprint density at radius 1 is 0.911 bits per heavy atom. The number of alkyl halides is 6. The van der Waals surface area contributed by atoms with Crippen LogP contribution in [0.25, 0.3) is 16.8 Å². The predicted octanol–water partition coefficient (Wildman–Crippen LogP) is 7.49. The summed E-state index contributed by atoms with van der Waals surface area (Å²) in [5, 5.41) is 9.01. The van der Waals surface area contributed by atoms with Crippen molar-refractivity contribution >= 4 is 12.0 Å². The second-order valence-electron chi connectivity index (χ2n) is 11.1. The Labute approximate surface area is 254 Å². The van der Waals surface area contributed by atoms with E-state index in [9.17, 15) is 35.9 Å². The zero-order valence-corrected chi connectivity index (χ0v) is 24.5. The molecule has 0 saturated carbocycles. The van der Waals surface area contributed by atoms with Gasteiger partial charge in [-0.25, -0.2) is 9.48 Å². The number of hydrogen-bond acceptors (Lipinski definition) is 5. The molecule has 0 saturated heterocycles. The zero-order valence-electron chi connectivity index (χ0n) is 24.5. The number of amides is 2. The van der Waals surface area contributed by atoms with E-state index in [0.717, 1.165) is 23.0 Å². The lowest BCUT2D eigenvalue weighted by Crippen LogP contribution is -2.32. The normalized spacial score (nSPS) is 12.8. The molecule has 2 heterocycles. The van der Waals surface area contributed by atoms with E-state index in [2.05, 4.69) is 20.7 Å². The molecule has 0 bridgehead atoms. The van der Waals surface area contributed by atoms with Gasteiger partial charge in [-0.3, -0.25) is 9.78 Å². The van der Waals surface area contributed by atoms with E-state index in [1.165, 1.54) is 24.4 Å². The second-order valence-corrected chi connectivity index (χ2v) is 11.1. The zero-order chi connectivity index (χ0) is 33.2. The van der Waals surface area contributed by atoms with Crippen LogP contribution in [-0.4, -0.2) is 32.4 Å². The second kappa shape index (κ2) is 12.6. The smallest absolute Gasteiger partial charge is 0.419 e. The first kappa shape index (κ1) is 33.0. The molecule has 1 atom stereocenters. The number of aromatic nitrogens is 3. The van der Waals surface area contributed by atoms with Crippen molar-refractivity contribution in [2.75, 3.05) is 0 Å². The summed E-state index contributed by atoms with van der Waals surface area (Å²) in [6.07, 6.45) is -7.15. The van der Waals surface area contributed by atoms with Crippen molar-refractivity contribution in [2.24, 2.45) is 0 Å². The van der Waals surface area contributed by atoms with Crippen LogP contribution in [0.1, 0.15) is 66.5 Å². The first-order valence-corrected chi connectivity index (χ1v) is 13.6. The topological polar surface area (TPSA) is 98.1 Å². The molecular formula is C31H29F6N5O3. The Balaban J connectivity index is 1.51. The van der Waals surface area contributed by atoms with Crippen LogP contribution < -0.4 is 10.6 Å². The Kier molecular flexibility index (Phi) is 9.26. The summed E-state index contributed by atoms with van der Waals surface area (Å²) in [6, 6.07) is 11.8. The molecule has 2 N–H and O–H groups in total. The number of nitrogens with one attached hydrogen (secondary N) is 2. The van der Waals surface area contributed by atoms with E-state index in [0.29, 0.717) is 22.9 Å². The summed E-state index contributed by atoms with van der Waals surface area (Å²) in [5.74, 6) is -0.606. The number of ether oxygens (including phenoxy) is 1. The lowest BCUT2D eigenvalue weighted by Gasteiger charge is -2.20. The minimum atomic E-state index is -4.59. The van der Waals surface area contributed by atoms with Crippen LogP contribution in [0.4, 0.5) is 31.1 Å². The van der Waals surface area contributed by atoms with Crippen LogP contribution in [-0.2, 0) is 23.6 Å². The molecule has 2 amide bonds. The Bertz CT molecular complexity index is 1670. The van der Waals surface area contributed by atoms with Gasteiger partial charge in [-0.15, -0.1) is 0 Å². The standard InChI is InChI=1S/C31H29F6N5O3/c1-18(41-27(43)26-14-24(11-12-38-26)42-17-23(16-40-42)31(35,36)37)19-5-7-20(8-6-19)25-13-22(30(32,33)34)10-9-21(25)15-39-28(44)45-29(2,3)4/h5-14,16-18H,15H2,1-4H3,(H,39,44)(H,41,43)/t18-/m1/s1. The Hall–Kier alpha value is -4.88. The van der Waals surface area contributed by atoms with Gasteiger partial charge in [-0.2, -0.15) is 31.4 Å². The third kappa shape index (κ3) is 8.61. The van der Waals surface area contributed by atoms with E-state index >= 15 is 0 Å². The largest absolute Gasteiger partial charge is 0.444 e. The molecule has 0 aliphatic rings. The maximum Gasteiger partial charge on any atom is 0.419 e. The van der Waals surface area contributed by atoms with E-state index in [1.807, 2.05) is 0 Å². The van der Waals surface area contributed by atoms with Crippen LogP contribution in [0, 0.1) is 0 Å². The fourth-order valence-electron chi connectivity index (χ4n) is 4.26. The van der Waals surface area contributed by atoms with Gasteiger partial charge in [0.2, 0.25) is 0 Å². The van der Waals surface area contributed by atoms with Crippen molar-refractivity contribution in [3.63, 3.8) is 0 Å². The van der Waals surface area contributed by atoms with Crippen molar-refractivity contribution in [1.29, 1.82) is 0 Å². The highest BCUT2D eigenvalue weighted by molar-refractivity contribution is 5.93. The van der Waals surface area contributed by atoms with Crippen molar-refractivity contribution in [3.05, 3.63) is 101 Å². The van der Waals surface area contributed by atoms with Gasteiger partial charge in [0, 0.05) is 18.9 Å². The third-order valence-corrected chi connectivity index (χ3v) is 6.48. The number of benzene rings is 2. The highest BCUT2D eigenvalue weighted by atomic mass is 19.4. The lowest BCUT2D eigenvalue weighted by atomic mass is 9.95. The average molecular weight is 634 g/mol. The molecule has 0 radical (unpaired) electrons. The van der Waals surface area contributed by atoms with Crippen molar-refractivity contribution in [2.45, 2.75) is 58.2 Å². The van der Waals surface area contributed by atoms with Gasteiger partial charge in [0.15, 0.2) is 0 Å². The van der Waals surface area contributed by atoms with Gasteiger partial charge in [-0.05, 0) is 74.2 Å². The average Bonchev–Trinajstić information content (AvgIpc) is 3.46. The summed E-state index contributed by atoms with van der Waals surface area (Å²) in [7, 11) is 0. The van der Waals surface area contributed by atoms with E-state index in [1.54, 1.807) is 52.0 Å². The summed E-state index contributed by atoms with van der Waals surface area (Å²) in [5.41, 5.74) is -0.699. The molecule has 238 valence electrons. The first-order chi connectivity index (χ1) is 20.9. The molecule has 8 nitrogen and oxygen atoms in total. The number of rotatable bonds is 7. The molecule has 2 aromatic heterocycles. The molecule has 0 aliphatic heterocycles. The molecule has 4 rings (SSSR count). The first-order valence-electron chi connectivity index (χ1n) is 13.6. The monoisotopic (exact) mass is 633 g/mol. The lowest BCUT2D eigenvalue weighted by molar-refractivity contribution is -0.138. The van der Waals surface area contributed by atoms with Crippen LogP contribution in [0.3, 0.4) is 0 Å². The number of nitrogens with zero attached hydrogens (tertiary/aromatic N) is 3. The van der Waals surface area contributed by atoms with Crippen molar-refractivity contribution in [1.82, 2.24) is 25.4 Å². The maximum atomic E-state index is 13.5. The summed E-state index contributed by atoms with van der Waals surface area (Å²) in [4.78, 5) is 29.1. The van der Waals surface area contributed by atoms with Crippen molar-refractivity contribution in [3.8, 4) is 16.8 Å². The summed E-state index contributed by atoms with van der Waals surface area (Å²) < 4.78 is 85.7. The number of halogens is 6. The molecule has 0 spiro atoms. The Morgan fingerprint density at radius 3 is 2.18 bits per heavy atom. The summed E-state index contributed by atoms with van der Waals surface area (Å²) >= 11 is 0. The molecule has 0 unspecified atom stereocenters. The molecule has 45 heavy (non-hydrogen) atoms. The van der Waals surface area contributed by atoms with Gasteiger partial charge in [0.25, 0.3) is 5.91 Å². The predicted molar refractivity (Wildman–Crippen MR) is 152 cm³/mol. The van der Waals surface area contributed by atoms with Crippen LogP contribution in [0.5, 0.6) is 0 Å². The van der Waals surface area contributed by atoms with Gasteiger partial charge >= 0.3 is 18.4 Å². The van der Waals surface area contributed by atoms with E-state index < -0.39 is 47.1 Å². The maximum absolute atomic E-state index is 13.5. The fraction of sp³-hybridized carbons (Fsp3) is 0.290. The Morgan fingerprint density at radius 2 is 1.58 bits per heavy atom. The molecule has 2 aromatic carbocycles. The quantitative estimate of drug-likeness (QED) is 0.206. The SMILES string of the molecule is C[C@@H](NC(=O)c1cc(-n2cc(C(F)(F)F)cn2)ccn1)c1ccc(-c2cc(C(F)(F)F)ccc2CNC(=O)OC(C)(C)C)cc1. The number of carbonyl (C=O) groups is 2. The molecular weight excluding hydrogens is 604 g/mol. The molecule has 0 fully saturated rings.